The molecule has 0 radical (unpaired) electrons. The molecule has 0 aliphatic heterocycles. The molecule has 2 rings (SSSR count). The third-order valence-corrected chi connectivity index (χ3v) is 3.82. The summed E-state index contributed by atoms with van der Waals surface area (Å²) >= 11 is 0. The molecule has 18 heavy (non-hydrogen) atoms. The van der Waals surface area contributed by atoms with Crippen LogP contribution in [0.2, 0.25) is 0 Å². The summed E-state index contributed by atoms with van der Waals surface area (Å²) in [6, 6.07) is 6.07. The molecule has 0 amide bonds. The first-order valence-electron chi connectivity index (χ1n) is 7.26. The first-order valence-corrected chi connectivity index (χ1v) is 7.26. The topological polar surface area (TPSA) is 33.4 Å². The minimum atomic E-state index is 0.476. The van der Waals surface area contributed by atoms with Gasteiger partial charge in [-0.1, -0.05) is 38.5 Å². The zero-order valence-electron chi connectivity index (χ0n) is 11.0. The van der Waals surface area contributed by atoms with Crippen molar-refractivity contribution >= 4 is 0 Å². The van der Waals surface area contributed by atoms with Crippen molar-refractivity contribution in [2.75, 3.05) is 0 Å². The quantitative estimate of drug-likeness (QED) is 0.421. The highest BCUT2D eigenvalue weighted by Crippen LogP contribution is 2.23. The van der Waals surface area contributed by atoms with Gasteiger partial charge in [0, 0.05) is 0 Å². The Morgan fingerprint density at radius 2 is 1.00 bits per heavy atom. The maximum Gasteiger partial charge on any atom is 0.522 e. The maximum absolute atomic E-state index is 3.85. The van der Waals surface area contributed by atoms with Crippen LogP contribution in [0, 0.1) is 24.0 Å². The van der Waals surface area contributed by atoms with Crippen molar-refractivity contribution in [2.45, 2.75) is 64.2 Å². The molecule has 0 aromatic heterocycles. The molecule has 0 N–H and O–H groups in total. The van der Waals surface area contributed by atoms with Gasteiger partial charge in [0.25, 0.3) is 0 Å². The molecule has 0 aromatic rings. The van der Waals surface area contributed by atoms with E-state index < -0.39 is 0 Å². The van der Waals surface area contributed by atoms with Gasteiger partial charge in [-0.15, -0.1) is 0 Å². The van der Waals surface area contributed by atoms with E-state index in [1.165, 1.54) is 64.2 Å². The van der Waals surface area contributed by atoms with E-state index in [9.17, 15) is 0 Å². The molecule has 2 saturated carbocycles. The summed E-state index contributed by atoms with van der Waals surface area (Å²) < 4.78 is 0. The highest BCUT2D eigenvalue weighted by molar-refractivity contribution is 4.94. The predicted molar refractivity (Wildman–Crippen MR) is 72.5 cm³/mol. The Hall–Kier alpha value is -1.42. The van der Waals surface area contributed by atoms with E-state index in [1.54, 1.807) is 0 Å². The van der Waals surface area contributed by atoms with Crippen LogP contribution in [0.1, 0.15) is 64.2 Å². The molecule has 0 spiro atoms. The Balaban J connectivity index is 1.70. The molecule has 2 fully saturated rings. The predicted octanol–water partition coefficient (Wildman–Crippen LogP) is 5.10. The van der Waals surface area contributed by atoms with E-state index in [2.05, 4.69) is 32.5 Å². The number of hydrogen-bond acceptors (Lipinski definition) is 2. The van der Waals surface area contributed by atoms with Crippen molar-refractivity contribution in [3.63, 3.8) is 0 Å². The van der Waals surface area contributed by atoms with Crippen LogP contribution in [0.15, 0.2) is 10.4 Å². The van der Waals surface area contributed by atoms with Gasteiger partial charge in [0.15, 0.2) is 0 Å². The molecule has 2 aliphatic carbocycles. The maximum atomic E-state index is 3.85. The van der Waals surface area contributed by atoms with Crippen molar-refractivity contribution in [3.05, 3.63) is 9.91 Å². The standard InChI is InChI=1S/C14H22N4/c1-3-7-13(8-4-1)11-15-17-18-16-12-14-9-5-2-6-10-14/h13-14H,1-10H2/q+2. The van der Waals surface area contributed by atoms with Crippen molar-refractivity contribution < 1.29 is 0 Å². The first kappa shape index (κ1) is 13.0. The van der Waals surface area contributed by atoms with Crippen LogP contribution in [0.3, 0.4) is 0 Å². The van der Waals surface area contributed by atoms with E-state index in [-0.39, 0.29) is 0 Å². The fourth-order valence-corrected chi connectivity index (χ4v) is 2.72. The van der Waals surface area contributed by atoms with E-state index in [4.69, 9.17) is 0 Å². The van der Waals surface area contributed by atoms with Gasteiger partial charge in [-0.2, -0.15) is 0 Å². The molecular weight excluding hydrogens is 224 g/mol. The third kappa shape index (κ3) is 4.84. The van der Waals surface area contributed by atoms with Crippen molar-refractivity contribution in [2.24, 2.45) is 22.3 Å². The van der Waals surface area contributed by atoms with Gasteiger partial charge in [0.05, 0.1) is 21.7 Å². The normalized spacial score (nSPS) is 22.0. The Kier molecular flexibility index (Phi) is 5.66. The number of rotatable bonds is 0. The van der Waals surface area contributed by atoms with Crippen LogP contribution in [-0.2, 0) is 0 Å². The third-order valence-electron chi connectivity index (χ3n) is 3.82. The van der Waals surface area contributed by atoms with Gasteiger partial charge in [0.1, 0.15) is 0 Å². The SMILES string of the molecule is C(#[N+]N=N[N+]#CC1CCCCC1)C1CCCCC1. The zero-order chi connectivity index (χ0) is 12.5. The van der Waals surface area contributed by atoms with Crippen LogP contribution >= 0.6 is 0 Å². The Labute approximate surface area is 109 Å². The second kappa shape index (κ2) is 7.82. The van der Waals surface area contributed by atoms with Crippen molar-refractivity contribution in [3.8, 4) is 12.1 Å². The lowest BCUT2D eigenvalue weighted by Crippen LogP contribution is -2.02. The van der Waals surface area contributed by atoms with Gasteiger partial charge in [0.2, 0.25) is 12.1 Å². The molecule has 0 aromatic carbocycles. The van der Waals surface area contributed by atoms with Crippen LogP contribution < -0.4 is 0 Å². The Morgan fingerprint density at radius 3 is 1.39 bits per heavy atom. The molecule has 0 atom stereocenters. The molecule has 2 aliphatic rings. The molecule has 0 heterocycles. The molecule has 0 saturated heterocycles. The molecule has 4 nitrogen and oxygen atoms in total. The van der Waals surface area contributed by atoms with Gasteiger partial charge in [-0.3, -0.25) is 0 Å². The Bertz CT molecular complexity index is 343. The summed E-state index contributed by atoms with van der Waals surface area (Å²) in [5.74, 6) is 0.952. The van der Waals surface area contributed by atoms with Crippen LogP contribution in [0.25, 0.3) is 9.91 Å². The van der Waals surface area contributed by atoms with Crippen molar-refractivity contribution in [1.29, 1.82) is 0 Å². The smallest absolute Gasteiger partial charge is 0.0532 e. The number of hydrogen-bond donors (Lipinski definition) is 0. The van der Waals surface area contributed by atoms with E-state index in [0.717, 1.165) is 0 Å². The Morgan fingerprint density at radius 1 is 0.611 bits per heavy atom. The van der Waals surface area contributed by atoms with Crippen LogP contribution in [0.5, 0.6) is 0 Å². The fourth-order valence-electron chi connectivity index (χ4n) is 2.72. The monoisotopic (exact) mass is 246 g/mol. The lowest BCUT2D eigenvalue weighted by Gasteiger charge is -2.11. The summed E-state index contributed by atoms with van der Waals surface area (Å²) in [5, 5.41) is 7.32. The lowest BCUT2D eigenvalue weighted by molar-refractivity contribution is 0.429. The fraction of sp³-hybridized carbons (Fsp3) is 0.857. The average molecular weight is 246 g/mol. The molecule has 0 unspecified atom stereocenters. The molecular formula is C14H22N4+2. The van der Waals surface area contributed by atoms with Gasteiger partial charge >= 0.3 is 10.4 Å². The molecule has 96 valence electrons. The summed E-state index contributed by atoms with van der Waals surface area (Å²) in [6.07, 6.45) is 12.6. The summed E-state index contributed by atoms with van der Waals surface area (Å²) in [7, 11) is 0. The average Bonchev–Trinajstić information content (AvgIpc) is 2.45. The second-order valence-corrected chi connectivity index (χ2v) is 5.31. The van der Waals surface area contributed by atoms with Crippen LogP contribution in [0.4, 0.5) is 0 Å². The first-order chi connectivity index (χ1) is 8.95. The summed E-state index contributed by atoms with van der Waals surface area (Å²) in [6.45, 7) is 0. The largest absolute Gasteiger partial charge is 0.522 e. The summed E-state index contributed by atoms with van der Waals surface area (Å²) in [5.41, 5.74) is 0. The van der Waals surface area contributed by atoms with Gasteiger partial charge in [-0.25, -0.2) is 0 Å². The zero-order valence-corrected chi connectivity index (χ0v) is 11.0. The van der Waals surface area contributed by atoms with Gasteiger partial charge in [-0.05, 0) is 25.7 Å². The number of nitrogens with zero attached hydrogens (tertiary/aromatic N) is 4. The lowest BCUT2D eigenvalue weighted by atomic mass is 9.91. The highest BCUT2D eigenvalue weighted by Gasteiger charge is 2.16. The van der Waals surface area contributed by atoms with Crippen LogP contribution in [-0.4, -0.2) is 0 Å². The minimum Gasteiger partial charge on any atom is -0.0532 e. The van der Waals surface area contributed by atoms with E-state index >= 15 is 0 Å². The molecule has 4 heteroatoms. The molecule has 0 bridgehead atoms. The summed E-state index contributed by atoms with van der Waals surface area (Å²) in [4.78, 5) is 7.70. The van der Waals surface area contributed by atoms with Crippen molar-refractivity contribution in [1.82, 2.24) is 0 Å². The second-order valence-electron chi connectivity index (χ2n) is 5.31. The minimum absolute atomic E-state index is 0.476. The van der Waals surface area contributed by atoms with E-state index in [0.29, 0.717) is 11.8 Å². The highest BCUT2D eigenvalue weighted by atomic mass is 15.5. The van der Waals surface area contributed by atoms with Gasteiger partial charge < -0.3 is 0 Å². The van der Waals surface area contributed by atoms with E-state index in [1.807, 2.05) is 0 Å².